The number of nitrogens with one attached hydrogen (secondary N) is 1. The minimum absolute atomic E-state index is 0.0806. The molecule has 3 N–H and O–H groups in total. The van der Waals surface area contributed by atoms with E-state index >= 15 is 0 Å². The monoisotopic (exact) mass is 296 g/mol. The van der Waals surface area contributed by atoms with Crippen LogP contribution in [0.2, 0.25) is 0 Å². The molecule has 1 aromatic carbocycles. The topological polar surface area (TPSA) is 73.6 Å². The number of nitrogens with two attached hydrogens (primary N) is 1. The summed E-state index contributed by atoms with van der Waals surface area (Å²) in [5, 5.41) is 2.80. The zero-order chi connectivity index (χ0) is 15.9. The second kappa shape index (κ2) is 13.5. The number of hydrogen-bond acceptors (Lipinski definition) is 4. The van der Waals surface area contributed by atoms with Crippen LogP contribution in [0.25, 0.3) is 0 Å². The average molecular weight is 296 g/mol. The number of rotatable bonds is 9. The highest BCUT2D eigenvalue weighted by Crippen LogP contribution is 2.02. The van der Waals surface area contributed by atoms with Crippen molar-refractivity contribution in [2.45, 2.75) is 20.8 Å². The maximum atomic E-state index is 11.7. The largest absolute Gasteiger partial charge is 0.378 e. The maximum Gasteiger partial charge on any atom is 0.251 e. The van der Waals surface area contributed by atoms with Gasteiger partial charge in [-0.15, -0.1) is 0 Å². The van der Waals surface area contributed by atoms with E-state index in [0.29, 0.717) is 45.1 Å². The normalized spacial score (nSPS) is 9.71. The molecule has 0 bridgehead atoms. The summed E-state index contributed by atoms with van der Waals surface area (Å²) < 4.78 is 10.5. The first kappa shape index (κ1) is 19.6. The summed E-state index contributed by atoms with van der Waals surface area (Å²) in [5.74, 6) is -0.0806. The predicted molar refractivity (Wildman–Crippen MR) is 85.6 cm³/mol. The highest BCUT2D eigenvalue weighted by Gasteiger charge is 2.03. The highest BCUT2D eigenvalue weighted by molar-refractivity contribution is 5.94. The Kier molecular flexibility index (Phi) is 12.6. The lowest BCUT2D eigenvalue weighted by Crippen LogP contribution is -2.27. The SMILES string of the molecule is CC.Cc1ccc(C(=O)NCCOCCOCCN)cc1. The van der Waals surface area contributed by atoms with E-state index in [1.165, 1.54) is 0 Å². The van der Waals surface area contributed by atoms with Crippen molar-refractivity contribution in [1.29, 1.82) is 0 Å². The van der Waals surface area contributed by atoms with Gasteiger partial charge in [0, 0.05) is 18.7 Å². The third kappa shape index (κ3) is 10.0. The van der Waals surface area contributed by atoms with Gasteiger partial charge in [0.1, 0.15) is 0 Å². The Morgan fingerprint density at radius 1 is 1.05 bits per heavy atom. The summed E-state index contributed by atoms with van der Waals surface area (Å²) in [5.41, 5.74) is 7.08. The van der Waals surface area contributed by atoms with Gasteiger partial charge >= 0.3 is 0 Å². The van der Waals surface area contributed by atoms with E-state index < -0.39 is 0 Å². The van der Waals surface area contributed by atoms with Crippen LogP contribution in [0.15, 0.2) is 24.3 Å². The number of ether oxygens (including phenoxy) is 2. The molecule has 0 aliphatic carbocycles. The van der Waals surface area contributed by atoms with Crippen LogP contribution in [0.1, 0.15) is 29.8 Å². The standard InChI is InChI=1S/C14H22N2O3.C2H6/c1-12-2-4-13(5-3-12)14(17)16-7-9-19-11-10-18-8-6-15;1-2/h2-5H,6-11,15H2,1H3,(H,16,17);1-2H3. The molecule has 5 nitrogen and oxygen atoms in total. The van der Waals surface area contributed by atoms with E-state index in [0.717, 1.165) is 5.56 Å². The molecule has 0 atom stereocenters. The Labute approximate surface area is 127 Å². The summed E-state index contributed by atoms with van der Waals surface area (Å²) in [6.07, 6.45) is 0. The zero-order valence-corrected chi connectivity index (χ0v) is 13.4. The number of carbonyl (C=O) groups excluding carboxylic acids is 1. The Morgan fingerprint density at radius 3 is 2.19 bits per heavy atom. The molecule has 0 unspecified atom stereocenters. The minimum atomic E-state index is -0.0806. The fraction of sp³-hybridized carbons (Fsp3) is 0.562. The van der Waals surface area contributed by atoms with Crippen LogP contribution >= 0.6 is 0 Å². The molecule has 120 valence electrons. The maximum absolute atomic E-state index is 11.7. The van der Waals surface area contributed by atoms with Crippen molar-refractivity contribution >= 4 is 5.91 Å². The van der Waals surface area contributed by atoms with Crippen LogP contribution in [0.5, 0.6) is 0 Å². The minimum Gasteiger partial charge on any atom is -0.378 e. The fourth-order valence-electron chi connectivity index (χ4n) is 1.45. The summed E-state index contributed by atoms with van der Waals surface area (Å²) in [4.78, 5) is 11.7. The molecule has 0 aliphatic heterocycles. The average Bonchev–Trinajstić information content (AvgIpc) is 2.52. The molecule has 5 heteroatoms. The summed E-state index contributed by atoms with van der Waals surface area (Å²) >= 11 is 0. The third-order valence-corrected chi connectivity index (χ3v) is 2.48. The van der Waals surface area contributed by atoms with E-state index in [2.05, 4.69) is 5.32 Å². The van der Waals surface area contributed by atoms with Crippen LogP contribution < -0.4 is 11.1 Å². The molecule has 0 saturated carbocycles. The van der Waals surface area contributed by atoms with Gasteiger partial charge in [-0.1, -0.05) is 31.5 Å². The lowest BCUT2D eigenvalue weighted by Gasteiger charge is -2.07. The van der Waals surface area contributed by atoms with Gasteiger partial charge in [-0.3, -0.25) is 4.79 Å². The molecule has 0 radical (unpaired) electrons. The van der Waals surface area contributed by atoms with Crippen molar-refractivity contribution in [3.05, 3.63) is 35.4 Å². The quantitative estimate of drug-likeness (QED) is 0.681. The van der Waals surface area contributed by atoms with Crippen LogP contribution in [-0.2, 0) is 9.47 Å². The summed E-state index contributed by atoms with van der Waals surface area (Å²) in [7, 11) is 0. The number of aryl methyl sites for hydroxylation is 1. The number of hydrogen-bond donors (Lipinski definition) is 2. The predicted octanol–water partition coefficient (Wildman–Crippen LogP) is 1.74. The summed E-state index contributed by atoms with van der Waals surface area (Å²) in [6, 6.07) is 7.46. The van der Waals surface area contributed by atoms with Crippen LogP contribution in [0, 0.1) is 6.92 Å². The molecule has 0 fully saturated rings. The van der Waals surface area contributed by atoms with Crippen LogP contribution in [-0.4, -0.2) is 45.4 Å². The molecule has 21 heavy (non-hydrogen) atoms. The van der Waals surface area contributed by atoms with E-state index in [9.17, 15) is 4.79 Å². The fourth-order valence-corrected chi connectivity index (χ4v) is 1.45. The lowest BCUT2D eigenvalue weighted by molar-refractivity contribution is 0.0511. The molecule has 1 aromatic rings. The van der Waals surface area contributed by atoms with Gasteiger partial charge in [0.05, 0.1) is 26.4 Å². The van der Waals surface area contributed by atoms with Gasteiger partial charge in [-0.2, -0.15) is 0 Å². The zero-order valence-electron chi connectivity index (χ0n) is 13.4. The second-order valence-corrected chi connectivity index (χ2v) is 4.14. The van der Waals surface area contributed by atoms with Crippen LogP contribution in [0.3, 0.4) is 0 Å². The van der Waals surface area contributed by atoms with Gasteiger partial charge in [0.2, 0.25) is 0 Å². The van der Waals surface area contributed by atoms with E-state index in [4.69, 9.17) is 15.2 Å². The molecule has 0 heterocycles. The molecule has 1 rings (SSSR count). The van der Waals surface area contributed by atoms with Gasteiger partial charge in [-0.05, 0) is 19.1 Å². The molecule has 1 amide bonds. The number of amides is 1. The van der Waals surface area contributed by atoms with Crippen molar-refractivity contribution < 1.29 is 14.3 Å². The Morgan fingerprint density at radius 2 is 1.62 bits per heavy atom. The molecule has 0 aromatic heterocycles. The van der Waals surface area contributed by atoms with Crippen LogP contribution in [0.4, 0.5) is 0 Å². The highest BCUT2D eigenvalue weighted by atomic mass is 16.5. The Balaban J connectivity index is 0.00000191. The number of carbonyl (C=O) groups is 1. The third-order valence-electron chi connectivity index (χ3n) is 2.48. The van der Waals surface area contributed by atoms with Crippen molar-refractivity contribution in [2.75, 3.05) is 39.5 Å². The molecule has 0 saturated heterocycles. The van der Waals surface area contributed by atoms with Gasteiger partial charge in [0.25, 0.3) is 5.91 Å². The van der Waals surface area contributed by atoms with Crippen molar-refractivity contribution in [3.63, 3.8) is 0 Å². The molecular formula is C16H28N2O3. The molecule has 0 spiro atoms. The van der Waals surface area contributed by atoms with Crippen molar-refractivity contribution in [1.82, 2.24) is 5.32 Å². The number of benzene rings is 1. The lowest BCUT2D eigenvalue weighted by atomic mass is 10.1. The van der Waals surface area contributed by atoms with Gasteiger partial charge in [-0.25, -0.2) is 0 Å². The van der Waals surface area contributed by atoms with E-state index in [-0.39, 0.29) is 5.91 Å². The molecular weight excluding hydrogens is 268 g/mol. The van der Waals surface area contributed by atoms with E-state index in [1.807, 2.05) is 45.0 Å². The summed E-state index contributed by atoms with van der Waals surface area (Å²) in [6.45, 7) is 9.07. The van der Waals surface area contributed by atoms with Crippen molar-refractivity contribution in [3.8, 4) is 0 Å². The molecule has 0 aliphatic rings. The Hall–Kier alpha value is -1.43. The van der Waals surface area contributed by atoms with Gasteiger partial charge in [0.15, 0.2) is 0 Å². The van der Waals surface area contributed by atoms with Crippen molar-refractivity contribution in [2.24, 2.45) is 5.73 Å². The van der Waals surface area contributed by atoms with E-state index in [1.54, 1.807) is 0 Å². The second-order valence-electron chi connectivity index (χ2n) is 4.14. The smallest absolute Gasteiger partial charge is 0.251 e. The first-order chi connectivity index (χ1) is 10.2. The first-order valence-corrected chi connectivity index (χ1v) is 7.44. The first-order valence-electron chi connectivity index (χ1n) is 7.44. The Bertz CT molecular complexity index is 366. The van der Waals surface area contributed by atoms with Gasteiger partial charge < -0.3 is 20.5 Å².